The molecule has 0 saturated heterocycles. The van der Waals surface area contributed by atoms with Gasteiger partial charge in [-0.3, -0.25) is 0 Å². The molecule has 0 aliphatic carbocycles. The summed E-state index contributed by atoms with van der Waals surface area (Å²) in [7, 11) is 2.06. The van der Waals surface area contributed by atoms with Crippen molar-refractivity contribution in [3.8, 4) is 0 Å². The number of imidazole rings is 1. The lowest BCUT2D eigenvalue weighted by Gasteiger charge is -2.21. The first-order valence-electron chi connectivity index (χ1n) is 7.38. The van der Waals surface area contributed by atoms with Crippen LogP contribution in [0.3, 0.4) is 0 Å². The maximum Gasteiger partial charge on any atom is 0.108 e. The number of rotatable bonds is 6. The van der Waals surface area contributed by atoms with Gasteiger partial charge in [0.25, 0.3) is 0 Å². The maximum absolute atomic E-state index is 4.42. The number of benzene rings is 1. The molecule has 1 heterocycles. The van der Waals surface area contributed by atoms with Gasteiger partial charge in [-0.1, -0.05) is 30.7 Å². The van der Waals surface area contributed by atoms with Crippen LogP contribution in [0.2, 0.25) is 0 Å². The van der Waals surface area contributed by atoms with Gasteiger partial charge >= 0.3 is 0 Å². The Morgan fingerprint density at radius 1 is 1.30 bits per heavy atom. The molecular formula is C17H25N3. The van der Waals surface area contributed by atoms with Gasteiger partial charge in [-0.2, -0.15) is 0 Å². The van der Waals surface area contributed by atoms with Crippen LogP contribution in [0.25, 0.3) is 0 Å². The third kappa shape index (κ3) is 3.48. The molecule has 3 nitrogen and oxygen atoms in total. The first-order valence-corrected chi connectivity index (χ1v) is 7.38. The zero-order valence-corrected chi connectivity index (χ0v) is 13.0. The van der Waals surface area contributed by atoms with Gasteiger partial charge in [0.05, 0.1) is 0 Å². The van der Waals surface area contributed by atoms with Gasteiger partial charge in [-0.15, -0.1) is 0 Å². The van der Waals surface area contributed by atoms with Crippen LogP contribution in [0, 0.1) is 13.8 Å². The highest BCUT2D eigenvalue weighted by Gasteiger charge is 2.14. The van der Waals surface area contributed by atoms with Crippen molar-refractivity contribution in [2.24, 2.45) is 7.05 Å². The SMILES string of the molecule is CCNC(CCc1nccn1C)c1cc(C)ccc1C. The number of hydrogen-bond acceptors (Lipinski definition) is 2. The summed E-state index contributed by atoms with van der Waals surface area (Å²) in [6.07, 6.45) is 5.95. The van der Waals surface area contributed by atoms with E-state index in [1.807, 2.05) is 12.4 Å². The van der Waals surface area contributed by atoms with Crippen LogP contribution in [-0.2, 0) is 13.5 Å². The van der Waals surface area contributed by atoms with E-state index in [0.717, 1.165) is 25.2 Å². The standard InChI is InChI=1S/C17H25N3/c1-5-18-16(8-9-17-19-10-11-20(17)4)15-12-13(2)6-7-14(15)3/h6-7,10-12,16,18H,5,8-9H2,1-4H3. The quantitative estimate of drug-likeness (QED) is 0.873. The second kappa shape index (κ2) is 6.71. The Balaban J connectivity index is 2.14. The zero-order chi connectivity index (χ0) is 14.5. The number of nitrogens with zero attached hydrogens (tertiary/aromatic N) is 2. The van der Waals surface area contributed by atoms with Crippen molar-refractivity contribution in [3.63, 3.8) is 0 Å². The molecule has 3 heteroatoms. The Labute approximate surface area is 122 Å². The minimum Gasteiger partial charge on any atom is -0.338 e. The Bertz CT molecular complexity index is 557. The molecule has 20 heavy (non-hydrogen) atoms. The summed E-state index contributed by atoms with van der Waals surface area (Å²) in [5.74, 6) is 1.15. The minimum absolute atomic E-state index is 0.400. The van der Waals surface area contributed by atoms with Crippen LogP contribution in [-0.4, -0.2) is 16.1 Å². The number of nitrogens with one attached hydrogen (secondary N) is 1. The molecule has 108 valence electrons. The first kappa shape index (κ1) is 14.8. The molecule has 0 amide bonds. The highest BCUT2D eigenvalue weighted by Crippen LogP contribution is 2.23. The molecule has 1 aromatic heterocycles. The normalized spacial score (nSPS) is 12.6. The molecular weight excluding hydrogens is 246 g/mol. The van der Waals surface area contributed by atoms with E-state index in [1.165, 1.54) is 16.7 Å². The van der Waals surface area contributed by atoms with Crippen LogP contribution in [0.15, 0.2) is 30.6 Å². The summed E-state index contributed by atoms with van der Waals surface area (Å²) in [6, 6.07) is 7.11. The van der Waals surface area contributed by atoms with E-state index < -0.39 is 0 Å². The van der Waals surface area contributed by atoms with E-state index in [0.29, 0.717) is 6.04 Å². The smallest absolute Gasteiger partial charge is 0.108 e. The van der Waals surface area contributed by atoms with Crippen molar-refractivity contribution in [1.82, 2.24) is 14.9 Å². The Morgan fingerprint density at radius 2 is 2.10 bits per heavy atom. The van der Waals surface area contributed by atoms with Crippen LogP contribution in [0.5, 0.6) is 0 Å². The van der Waals surface area contributed by atoms with Gasteiger partial charge < -0.3 is 9.88 Å². The average molecular weight is 271 g/mol. The summed E-state index contributed by atoms with van der Waals surface area (Å²) in [5.41, 5.74) is 4.10. The Hall–Kier alpha value is -1.61. The second-order valence-electron chi connectivity index (χ2n) is 5.46. The molecule has 2 rings (SSSR count). The summed E-state index contributed by atoms with van der Waals surface area (Å²) in [5, 5.41) is 3.61. The first-order chi connectivity index (χ1) is 9.61. The lowest BCUT2D eigenvalue weighted by molar-refractivity contribution is 0.503. The lowest BCUT2D eigenvalue weighted by Crippen LogP contribution is -2.22. The molecule has 0 saturated carbocycles. The molecule has 1 aromatic carbocycles. The van der Waals surface area contributed by atoms with Crippen molar-refractivity contribution in [2.75, 3.05) is 6.54 Å². The van der Waals surface area contributed by atoms with Gasteiger partial charge in [-0.25, -0.2) is 4.98 Å². The largest absolute Gasteiger partial charge is 0.338 e. The zero-order valence-electron chi connectivity index (χ0n) is 13.0. The van der Waals surface area contributed by atoms with Crippen LogP contribution >= 0.6 is 0 Å². The molecule has 0 radical (unpaired) electrons. The fourth-order valence-corrected chi connectivity index (χ4v) is 2.66. The molecule has 0 bridgehead atoms. The molecule has 1 atom stereocenters. The Morgan fingerprint density at radius 3 is 2.75 bits per heavy atom. The fraction of sp³-hybridized carbons (Fsp3) is 0.471. The molecule has 2 aromatic rings. The van der Waals surface area contributed by atoms with Gasteiger partial charge in [0.2, 0.25) is 0 Å². The van der Waals surface area contributed by atoms with Crippen molar-refractivity contribution >= 4 is 0 Å². The third-order valence-electron chi connectivity index (χ3n) is 3.84. The van der Waals surface area contributed by atoms with Gasteiger partial charge in [-0.05, 0) is 37.9 Å². The van der Waals surface area contributed by atoms with E-state index in [2.05, 4.69) is 60.9 Å². The highest BCUT2D eigenvalue weighted by atomic mass is 15.0. The predicted molar refractivity (Wildman–Crippen MR) is 83.9 cm³/mol. The summed E-state index contributed by atoms with van der Waals surface area (Å²) in [6.45, 7) is 7.50. The van der Waals surface area contributed by atoms with E-state index in [9.17, 15) is 0 Å². The number of aryl methyl sites for hydroxylation is 4. The predicted octanol–water partition coefficient (Wildman–Crippen LogP) is 3.32. The van der Waals surface area contributed by atoms with E-state index in [1.54, 1.807) is 0 Å². The van der Waals surface area contributed by atoms with Crippen molar-refractivity contribution in [1.29, 1.82) is 0 Å². The van der Waals surface area contributed by atoms with Crippen molar-refractivity contribution < 1.29 is 0 Å². The van der Waals surface area contributed by atoms with Gasteiger partial charge in [0.1, 0.15) is 5.82 Å². The number of hydrogen-bond donors (Lipinski definition) is 1. The van der Waals surface area contributed by atoms with Crippen LogP contribution in [0.1, 0.15) is 41.9 Å². The maximum atomic E-state index is 4.42. The van der Waals surface area contributed by atoms with Crippen LogP contribution in [0.4, 0.5) is 0 Å². The van der Waals surface area contributed by atoms with Gasteiger partial charge in [0, 0.05) is 31.9 Å². The summed E-state index contributed by atoms with van der Waals surface area (Å²) >= 11 is 0. The topological polar surface area (TPSA) is 29.9 Å². The summed E-state index contributed by atoms with van der Waals surface area (Å²) < 4.78 is 2.10. The third-order valence-corrected chi connectivity index (χ3v) is 3.84. The van der Waals surface area contributed by atoms with E-state index in [4.69, 9.17) is 0 Å². The monoisotopic (exact) mass is 271 g/mol. The molecule has 0 aliphatic heterocycles. The van der Waals surface area contributed by atoms with E-state index >= 15 is 0 Å². The molecule has 0 fully saturated rings. The Kier molecular flexibility index (Phi) is 4.96. The van der Waals surface area contributed by atoms with Crippen molar-refractivity contribution in [3.05, 3.63) is 53.1 Å². The molecule has 0 aliphatic rings. The van der Waals surface area contributed by atoms with E-state index in [-0.39, 0.29) is 0 Å². The van der Waals surface area contributed by atoms with Crippen molar-refractivity contribution in [2.45, 2.75) is 39.7 Å². The molecule has 1 N–H and O–H groups in total. The fourth-order valence-electron chi connectivity index (χ4n) is 2.66. The van der Waals surface area contributed by atoms with Crippen LogP contribution < -0.4 is 5.32 Å². The number of aromatic nitrogens is 2. The highest BCUT2D eigenvalue weighted by molar-refractivity contribution is 5.33. The van der Waals surface area contributed by atoms with Gasteiger partial charge in [0.15, 0.2) is 0 Å². The average Bonchev–Trinajstić information content (AvgIpc) is 2.83. The second-order valence-corrected chi connectivity index (χ2v) is 5.46. The molecule has 0 spiro atoms. The lowest BCUT2D eigenvalue weighted by atomic mass is 9.95. The molecule has 1 unspecified atom stereocenters. The minimum atomic E-state index is 0.400. The summed E-state index contributed by atoms with van der Waals surface area (Å²) in [4.78, 5) is 4.42.